The molecule has 7 nitrogen and oxygen atoms in total. The maximum absolute atomic E-state index is 12.9. The van der Waals surface area contributed by atoms with Crippen molar-refractivity contribution in [1.29, 1.82) is 0 Å². The average molecular weight is 500 g/mol. The summed E-state index contributed by atoms with van der Waals surface area (Å²) >= 11 is 7.35. The molecule has 2 amide bonds. The molecule has 0 saturated heterocycles. The van der Waals surface area contributed by atoms with Crippen LogP contribution in [0.3, 0.4) is 0 Å². The van der Waals surface area contributed by atoms with E-state index in [0.29, 0.717) is 33.8 Å². The molecular weight excluding hydrogens is 470 g/mol. The van der Waals surface area contributed by atoms with Crippen molar-refractivity contribution in [2.24, 2.45) is 5.92 Å². The molecule has 180 valence electrons. The van der Waals surface area contributed by atoms with Gasteiger partial charge >= 0.3 is 0 Å². The van der Waals surface area contributed by atoms with Gasteiger partial charge in [-0.2, -0.15) is 0 Å². The molecule has 0 radical (unpaired) electrons. The van der Waals surface area contributed by atoms with Crippen molar-refractivity contribution in [3.05, 3.63) is 70.0 Å². The van der Waals surface area contributed by atoms with Gasteiger partial charge in [0.15, 0.2) is 11.0 Å². The Bertz CT molecular complexity index is 1180. The summed E-state index contributed by atoms with van der Waals surface area (Å²) in [6.45, 7) is 10.5. The van der Waals surface area contributed by atoms with E-state index in [1.165, 1.54) is 11.8 Å². The van der Waals surface area contributed by atoms with E-state index in [1.807, 2.05) is 63.5 Å². The van der Waals surface area contributed by atoms with Crippen molar-refractivity contribution in [2.75, 3.05) is 11.1 Å². The highest BCUT2D eigenvalue weighted by atomic mass is 35.5. The predicted molar refractivity (Wildman–Crippen MR) is 137 cm³/mol. The van der Waals surface area contributed by atoms with Gasteiger partial charge in [-0.1, -0.05) is 61.0 Å². The first-order chi connectivity index (χ1) is 16.2. The number of carbonyl (C=O) groups excluding carboxylic acids is 2. The Hall–Kier alpha value is -2.84. The lowest BCUT2D eigenvalue weighted by atomic mass is 10.0. The van der Waals surface area contributed by atoms with E-state index in [0.717, 1.165) is 11.1 Å². The van der Waals surface area contributed by atoms with Gasteiger partial charge in [-0.05, 0) is 56.5 Å². The van der Waals surface area contributed by atoms with E-state index in [9.17, 15) is 9.59 Å². The Morgan fingerprint density at radius 2 is 1.88 bits per heavy atom. The van der Waals surface area contributed by atoms with Crippen molar-refractivity contribution in [3.63, 3.8) is 0 Å². The fourth-order valence-corrected chi connectivity index (χ4v) is 4.50. The molecule has 0 bridgehead atoms. The highest BCUT2D eigenvalue weighted by molar-refractivity contribution is 7.99. The Kier molecular flexibility index (Phi) is 8.74. The fraction of sp³-hybridized carbons (Fsp3) is 0.360. The first-order valence-corrected chi connectivity index (χ1v) is 12.5. The summed E-state index contributed by atoms with van der Waals surface area (Å²) in [6.07, 6.45) is 0. The van der Waals surface area contributed by atoms with Crippen molar-refractivity contribution >= 4 is 40.9 Å². The van der Waals surface area contributed by atoms with Gasteiger partial charge in [-0.15, -0.1) is 10.2 Å². The Labute approximate surface area is 209 Å². The van der Waals surface area contributed by atoms with Crippen LogP contribution >= 0.6 is 23.4 Å². The van der Waals surface area contributed by atoms with Gasteiger partial charge in [0.25, 0.3) is 5.91 Å². The van der Waals surface area contributed by atoms with Crippen LogP contribution in [0.2, 0.25) is 5.02 Å². The highest BCUT2D eigenvalue weighted by Crippen LogP contribution is 2.26. The third-order valence-corrected chi connectivity index (χ3v) is 6.58. The molecule has 0 unspecified atom stereocenters. The Balaban J connectivity index is 1.72. The van der Waals surface area contributed by atoms with Gasteiger partial charge in [0.2, 0.25) is 5.91 Å². The van der Waals surface area contributed by atoms with Gasteiger partial charge in [0.1, 0.15) is 0 Å². The molecule has 1 aromatic heterocycles. The van der Waals surface area contributed by atoms with Crippen LogP contribution in [0.15, 0.2) is 47.6 Å². The number of carbonyl (C=O) groups is 2. The van der Waals surface area contributed by atoms with Crippen molar-refractivity contribution in [2.45, 2.75) is 52.4 Å². The maximum Gasteiger partial charge on any atom is 0.251 e. The standard InChI is InChI=1S/C25H30ClN5O2S/c1-6-31-23(22(15(2)3)28-24(33)18-9-7-8-16(4)12-18)29-30-25(31)34-14-21(32)27-20-13-19(26)11-10-17(20)5/h7-13,15,22H,6,14H2,1-5H3,(H,27,32)(H,28,33)/t22-/m0/s1. The van der Waals surface area contributed by atoms with E-state index >= 15 is 0 Å². The number of benzene rings is 2. The van der Waals surface area contributed by atoms with Crippen LogP contribution in [-0.2, 0) is 11.3 Å². The smallest absolute Gasteiger partial charge is 0.251 e. The molecule has 34 heavy (non-hydrogen) atoms. The van der Waals surface area contributed by atoms with Crippen molar-refractivity contribution < 1.29 is 9.59 Å². The molecular formula is C25H30ClN5O2S. The third-order valence-electron chi connectivity index (χ3n) is 5.38. The van der Waals surface area contributed by atoms with Gasteiger partial charge in [-0.25, -0.2) is 0 Å². The summed E-state index contributed by atoms with van der Waals surface area (Å²) in [6, 6.07) is 12.5. The molecule has 0 spiro atoms. The van der Waals surface area contributed by atoms with Crippen molar-refractivity contribution in [1.82, 2.24) is 20.1 Å². The maximum atomic E-state index is 12.9. The van der Waals surface area contributed by atoms with E-state index in [2.05, 4.69) is 20.8 Å². The van der Waals surface area contributed by atoms with Gasteiger partial charge in [0, 0.05) is 22.8 Å². The molecule has 9 heteroatoms. The number of nitrogens with one attached hydrogen (secondary N) is 2. The summed E-state index contributed by atoms with van der Waals surface area (Å²) in [7, 11) is 0. The monoisotopic (exact) mass is 499 g/mol. The third kappa shape index (κ3) is 6.39. The molecule has 3 aromatic rings. The first kappa shape index (κ1) is 25.8. The minimum absolute atomic E-state index is 0.0928. The number of nitrogens with zero attached hydrogens (tertiary/aromatic N) is 3. The number of hydrogen-bond donors (Lipinski definition) is 2. The van der Waals surface area contributed by atoms with Crippen LogP contribution in [0.5, 0.6) is 0 Å². The van der Waals surface area contributed by atoms with Crippen LogP contribution in [0.4, 0.5) is 5.69 Å². The van der Waals surface area contributed by atoms with Crippen LogP contribution in [0.25, 0.3) is 0 Å². The molecule has 0 aliphatic heterocycles. The molecule has 2 aromatic carbocycles. The molecule has 0 saturated carbocycles. The van der Waals surface area contributed by atoms with Crippen LogP contribution in [0, 0.1) is 19.8 Å². The number of aromatic nitrogens is 3. The molecule has 2 N–H and O–H groups in total. The second-order valence-electron chi connectivity index (χ2n) is 8.45. The summed E-state index contributed by atoms with van der Waals surface area (Å²) in [5, 5.41) is 15.9. The Morgan fingerprint density at radius 3 is 2.56 bits per heavy atom. The number of aryl methyl sites for hydroxylation is 2. The number of rotatable bonds is 9. The number of halogens is 1. The lowest BCUT2D eigenvalue weighted by Gasteiger charge is -2.22. The number of hydrogen-bond acceptors (Lipinski definition) is 5. The van der Waals surface area contributed by atoms with Crippen molar-refractivity contribution in [3.8, 4) is 0 Å². The lowest BCUT2D eigenvalue weighted by Crippen LogP contribution is -2.33. The minimum atomic E-state index is -0.322. The molecule has 0 aliphatic carbocycles. The molecule has 1 atom stereocenters. The zero-order valence-electron chi connectivity index (χ0n) is 20.1. The lowest BCUT2D eigenvalue weighted by molar-refractivity contribution is -0.113. The second-order valence-corrected chi connectivity index (χ2v) is 9.82. The Morgan fingerprint density at radius 1 is 1.12 bits per heavy atom. The largest absolute Gasteiger partial charge is 0.342 e. The summed E-state index contributed by atoms with van der Waals surface area (Å²) in [4.78, 5) is 25.4. The quantitative estimate of drug-likeness (QED) is 0.383. The van der Waals surface area contributed by atoms with Gasteiger partial charge in [-0.3, -0.25) is 9.59 Å². The van der Waals surface area contributed by atoms with Gasteiger partial charge < -0.3 is 15.2 Å². The number of amides is 2. The molecule has 0 aliphatic rings. The van der Waals surface area contributed by atoms with E-state index < -0.39 is 0 Å². The summed E-state index contributed by atoms with van der Waals surface area (Å²) in [5.41, 5.74) is 3.26. The number of thioether (sulfide) groups is 1. The summed E-state index contributed by atoms with van der Waals surface area (Å²) in [5.74, 6) is 0.628. The highest BCUT2D eigenvalue weighted by Gasteiger charge is 2.26. The SMILES string of the molecule is CCn1c(SCC(=O)Nc2cc(Cl)ccc2C)nnc1[C@@H](NC(=O)c1cccc(C)c1)C(C)C. The van der Waals surface area contributed by atoms with Crippen LogP contribution in [0.1, 0.15) is 54.1 Å². The number of anilines is 1. The minimum Gasteiger partial charge on any atom is -0.342 e. The van der Waals surface area contributed by atoms with Gasteiger partial charge in [0.05, 0.1) is 11.8 Å². The fourth-order valence-electron chi connectivity index (χ4n) is 3.52. The molecule has 1 heterocycles. The normalized spacial score (nSPS) is 12.0. The molecule has 3 rings (SSSR count). The van der Waals surface area contributed by atoms with E-state index in [4.69, 9.17) is 11.6 Å². The second kappa shape index (κ2) is 11.5. The predicted octanol–water partition coefficient (Wildman–Crippen LogP) is 5.43. The topological polar surface area (TPSA) is 88.9 Å². The zero-order valence-corrected chi connectivity index (χ0v) is 21.6. The summed E-state index contributed by atoms with van der Waals surface area (Å²) < 4.78 is 1.95. The zero-order chi connectivity index (χ0) is 24.8. The van der Waals surface area contributed by atoms with E-state index in [-0.39, 0.29) is 29.5 Å². The molecule has 0 fully saturated rings. The average Bonchev–Trinajstić information content (AvgIpc) is 3.20. The van der Waals surface area contributed by atoms with Crippen LogP contribution in [-0.4, -0.2) is 32.3 Å². The van der Waals surface area contributed by atoms with Crippen LogP contribution < -0.4 is 10.6 Å². The van der Waals surface area contributed by atoms with E-state index in [1.54, 1.807) is 18.2 Å². The first-order valence-electron chi connectivity index (χ1n) is 11.2.